The SMILES string of the molecule is CCC1(C)OB(c2c3ccccc3c(-c3ccccc3)c3ccccc23)OC1(C)C. The first-order valence-electron chi connectivity index (χ1n) is 10.8. The highest BCUT2D eigenvalue weighted by Crippen LogP contribution is 2.42. The van der Waals surface area contributed by atoms with Crippen LogP contribution in [0.1, 0.15) is 34.1 Å². The summed E-state index contributed by atoms with van der Waals surface area (Å²) in [6.45, 7) is 8.61. The summed E-state index contributed by atoms with van der Waals surface area (Å²) in [5.41, 5.74) is 2.92. The average molecular weight is 394 g/mol. The van der Waals surface area contributed by atoms with Gasteiger partial charge in [-0.15, -0.1) is 0 Å². The van der Waals surface area contributed by atoms with Crippen molar-refractivity contribution in [2.75, 3.05) is 0 Å². The van der Waals surface area contributed by atoms with Gasteiger partial charge in [-0.1, -0.05) is 85.8 Å². The molecule has 0 spiro atoms. The van der Waals surface area contributed by atoms with Gasteiger partial charge in [0.25, 0.3) is 0 Å². The number of hydrogen-bond acceptors (Lipinski definition) is 2. The summed E-state index contributed by atoms with van der Waals surface area (Å²) in [6, 6.07) is 27.9. The van der Waals surface area contributed by atoms with Crippen LogP contribution in [-0.2, 0) is 9.31 Å². The minimum atomic E-state index is -0.399. The summed E-state index contributed by atoms with van der Waals surface area (Å²) in [4.78, 5) is 0. The lowest BCUT2D eigenvalue weighted by atomic mass is 9.71. The van der Waals surface area contributed by atoms with Crippen molar-refractivity contribution in [2.45, 2.75) is 45.3 Å². The van der Waals surface area contributed by atoms with Crippen LogP contribution in [0.25, 0.3) is 32.7 Å². The Labute approximate surface area is 179 Å². The third-order valence-corrected chi connectivity index (χ3v) is 6.99. The number of rotatable bonds is 3. The van der Waals surface area contributed by atoms with Crippen molar-refractivity contribution >= 4 is 34.1 Å². The number of benzene rings is 4. The third kappa shape index (κ3) is 2.80. The van der Waals surface area contributed by atoms with E-state index in [0.717, 1.165) is 11.9 Å². The van der Waals surface area contributed by atoms with E-state index in [9.17, 15) is 0 Å². The molecule has 0 radical (unpaired) electrons. The molecule has 0 bridgehead atoms. The molecular weight excluding hydrogens is 367 g/mol. The molecule has 1 atom stereocenters. The maximum Gasteiger partial charge on any atom is 0.496 e. The third-order valence-electron chi connectivity index (χ3n) is 6.99. The normalized spacial score (nSPS) is 20.9. The summed E-state index contributed by atoms with van der Waals surface area (Å²) in [5, 5.41) is 4.84. The predicted octanol–water partition coefficient (Wildman–Crippen LogP) is 6.35. The Kier molecular flexibility index (Phi) is 4.50. The van der Waals surface area contributed by atoms with Crippen LogP contribution in [0.3, 0.4) is 0 Å². The van der Waals surface area contributed by atoms with Gasteiger partial charge in [-0.3, -0.25) is 0 Å². The Hall–Kier alpha value is -2.62. The second kappa shape index (κ2) is 6.97. The van der Waals surface area contributed by atoms with Gasteiger partial charge >= 0.3 is 7.12 Å². The van der Waals surface area contributed by atoms with Crippen molar-refractivity contribution in [3.63, 3.8) is 0 Å². The van der Waals surface area contributed by atoms with E-state index < -0.39 is 7.12 Å². The predicted molar refractivity (Wildman–Crippen MR) is 127 cm³/mol. The van der Waals surface area contributed by atoms with Gasteiger partial charge in [0.1, 0.15) is 0 Å². The average Bonchev–Trinajstić information content (AvgIpc) is 3.01. The van der Waals surface area contributed by atoms with E-state index in [1.807, 2.05) is 0 Å². The molecule has 5 rings (SSSR count). The fourth-order valence-electron chi connectivity index (χ4n) is 4.75. The molecule has 1 aliphatic heterocycles. The van der Waals surface area contributed by atoms with Crippen molar-refractivity contribution in [1.29, 1.82) is 0 Å². The molecule has 1 saturated heterocycles. The van der Waals surface area contributed by atoms with Gasteiger partial charge in [0, 0.05) is 0 Å². The van der Waals surface area contributed by atoms with Crippen LogP contribution in [0.4, 0.5) is 0 Å². The van der Waals surface area contributed by atoms with E-state index in [0.29, 0.717) is 0 Å². The maximum atomic E-state index is 6.64. The molecule has 0 N–H and O–H groups in total. The highest BCUT2D eigenvalue weighted by molar-refractivity contribution is 6.68. The Morgan fingerprint density at radius 3 is 1.67 bits per heavy atom. The van der Waals surface area contributed by atoms with E-state index in [1.165, 1.54) is 32.7 Å². The van der Waals surface area contributed by atoms with Crippen LogP contribution < -0.4 is 5.46 Å². The van der Waals surface area contributed by atoms with Gasteiger partial charge in [0.15, 0.2) is 0 Å². The van der Waals surface area contributed by atoms with Gasteiger partial charge in [0.05, 0.1) is 11.2 Å². The van der Waals surface area contributed by atoms with Crippen LogP contribution in [-0.4, -0.2) is 18.3 Å². The van der Waals surface area contributed by atoms with Crippen molar-refractivity contribution in [3.05, 3.63) is 78.9 Å². The van der Waals surface area contributed by atoms with Gasteiger partial charge < -0.3 is 9.31 Å². The molecule has 1 heterocycles. The lowest BCUT2D eigenvalue weighted by molar-refractivity contribution is -0.0118. The van der Waals surface area contributed by atoms with Crippen LogP contribution in [0.5, 0.6) is 0 Å². The smallest absolute Gasteiger partial charge is 0.399 e. The highest BCUT2D eigenvalue weighted by atomic mass is 16.7. The highest BCUT2D eigenvalue weighted by Gasteiger charge is 2.54. The zero-order valence-electron chi connectivity index (χ0n) is 18.1. The Morgan fingerprint density at radius 2 is 1.17 bits per heavy atom. The molecule has 3 heteroatoms. The second-order valence-electron chi connectivity index (χ2n) is 8.91. The molecule has 0 amide bonds. The minimum Gasteiger partial charge on any atom is -0.399 e. The summed E-state index contributed by atoms with van der Waals surface area (Å²) in [5.74, 6) is 0. The Morgan fingerprint density at radius 1 is 0.667 bits per heavy atom. The standard InChI is InChI=1S/C27H27BO2/c1-5-27(4)26(2,3)29-28(30-27)25-22-17-11-9-15-20(22)24(19-13-7-6-8-14-19)21-16-10-12-18-23(21)25/h6-18H,5H2,1-4H3. The molecule has 4 aromatic carbocycles. The van der Waals surface area contributed by atoms with E-state index >= 15 is 0 Å². The number of fused-ring (bicyclic) bond motifs is 2. The molecular formula is C27H27BO2. The first-order valence-corrected chi connectivity index (χ1v) is 10.8. The molecule has 0 aromatic heterocycles. The van der Waals surface area contributed by atoms with Crippen molar-refractivity contribution in [3.8, 4) is 11.1 Å². The zero-order chi connectivity index (χ0) is 20.9. The molecule has 2 nitrogen and oxygen atoms in total. The molecule has 0 saturated carbocycles. The van der Waals surface area contributed by atoms with Crippen molar-refractivity contribution in [2.24, 2.45) is 0 Å². The lowest BCUT2D eigenvalue weighted by Gasteiger charge is -2.35. The Balaban J connectivity index is 1.85. The van der Waals surface area contributed by atoms with Crippen LogP contribution >= 0.6 is 0 Å². The number of hydrogen-bond donors (Lipinski definition) is 0. The van der Waals surface area contributed by atoms with Crippen LogP contribution in [0.2, 0.25) is 0 Å². The van der Waals surface area contributed by atoms with E-state index in [2.05, 4.69) is 107 Å². The summed E-state index contributed by atoms with van der Waals surface area (Å²) >= 11 is 0. The Bertz CT molecular complexity index is 1170. The van der Waals surface area contributed by atoms with Crippen LogP contribution in [0, 0.1) is 0 Å². The fourth-order valence-corrected chi connectivity index (χ4v) is 4.75. The first-order chi connectivity index (χ1) is 14.5. The summed E-state index contributed by atoms with van der Waals surface area (Å²) < 4.78 is 13.2. The molecule has 30 heavy (non-hydrogen) atoms. The molecule has 0 aliphatic carbocycles. The fraction of sp³-hybridized carbons (Fsp3) is 0.259. The molecule has 1 unspecified atom stereocenters. The maximum absolute atomic E-state index is 6.64. The first kappa shape index (κ1) is 19.4. The van der Waals surface area contributed by atoms with Gasteiger partial charge in [-0.2, -0.15) is 0 Å². The van der Waals surface area contributed by atoms with Gasteiger partial charge in [-0.05, 0) is 65.3 Å². The van der Waals surface area contributed by atoms with E-state index in [4.69, 9.17) is 9.31 Å². The van der Waals surface area contributed by atoms with E-state index in [1.54, 1.807) is 0 Å². The zero-order valence-corrected chi connectivity index (χ0v) is 18.1. The van der Waals surface area contributed by atoms with E-state index in [-0.39, 0.29) is 11.2 Å². The quantitative estimate of drug-likeness (QED) is 0.298. The van der Waals surface area contributed by atoms with Gasteiger partial charge in [0.2, 0.25) is 0 Å². The molecule has 150 valence electrons. The molecule has 1 aliphatic rings. The second-order valence-corrected chi connectivity index (χ2v) is 8.91. The topological polar surface area (TPSA) is 18.5 Å². The lowest BCUT2D eigenvalue weighted by Crippen LogP contribution is -2.44. The minimum absolute atomic E-state index is 0.335. The summed E-state index contributed by atoms with van der Waals surface area (Å²) in [6.07, 6.45) is 0.897. The molecule has 1 fully saturated rings. The van der Waals surface area contributed by atoms with Crippen LogP contribution in [0.15, 0.2) is 78.9 Å². The summed E-state index contributed by atoms with van der Waals surface area (Å²) in [7, 11) is -0.399. The molecule has 4 aromatic rings. The monoisotopic (exact) mass is 394 g/mol. The van der Waals surface area contributed by atoms with Crippen molar-refractivity contribution in [1.82, 2.24) is 0 Å². The largest absolute Gasteiger partial charge is 0.496 e. The van der Waals surface area contributed by atoms with Gasteiger partial charge in [-0.25, -0.2) is 0 Å². The van der Waals surface area contributed by atoms with Crippen molar-refractivity contribution < 1.29 is 9.31 Å².